The summed E-state index contributed by atoms with van der Waals surface area (Å²) < 4.78 is 4.99. The molecule has 7 heteroatoms. The minimum Gasteiger partial charge on any atom is -0.451 e. The van der Waals surface area contributed by atoms with Crippen LogP contribution < -0.4 is 11.1 Å². The molecule has 1 aromatic rings. The summed E-state index contributed by atoms with van der Waals surface area (Å²) in [4.78, 5) is 35.4. The van der Waals surface area contributed by atoms with Crippen LogP contribution in [0.5, 0.6) is 0 Å². The summed E-state index contributed by atoms with van der Waals surface area (Å²) in [6.07, 6.45) is 1.27. The quantitative estimate of drug-likeness (QED) is 0.695. The van der Waals surface area contributed by atoms with Gasteiger partial charge in [0.15, 0.2) is 6.10 Å². The molecule has 0 fully saturated rings. The van der Waals surface area contributed by atoms with Gasteiger partial charge >= 0.3 is 5.97 Å². The fourth-order valence-corrected chi connectivity index (χ4v) is 2.30. The first-order chi connectivity index (χ1) is 10.8. The number of primary amides is 1. The van der Waals surface area contributed by atoms with Crippen LogP contribution in [0.25, 0.3) is 0 Å². The molecule has 0 spiro atoms. The number of rotatable bonds is 8. The normalized spacial score (nSPS) is 13.0. The molecule has 0 saturated carbocycles. The zero-order valence-electron chi connectivity index (χ0n) is 13.5. The summed E-state index contributed by atoms with van der Waals surface area (Å²) in [6, 6.07) is 6.24. The molecule has 1 aromatic carbocycles. The van der Waals surface area contributed by atoms with Gasteiger partial charge in [-0.1, -0.05) is 17.7 Å². The number of esters is 1. The van der Waals surface area contributed by atoms with Crippen molar-refractivity contribution in [2.45, 2.75) is 32.4 Å². The number of hydrogen-bond acceptors (Lipinski definition) is 5. The number of hydrogen-bond donors (Lipinski definition) is 2. The number of thioether (sulfide) groups is 1. The molecule has 23 heavy (non-hydrogen) atoms. The molecule has 2 amide bonds. The molecule has 1 rings (SSSR count). The highest BCUT2D eigenvalue weighted by atomic mass is 32.2. The number of benzene rings is 1. The lowest BCUT2D eigenvalue weighted by Crippen LogP contribution is -2.44. The van der Waals surface area contributed by atoms with Crippen molar-refractivity contribution in [3.8, 4) is 0 Å². The fourth-order valence-electron chi connectivity index (χ4n) is 1.83. The van der Waals surface area contributed by atoms with E-state index in [4.69, 9.17) is 10.5 Å². The Kier molecular flexibility index (Phi) is 7.61. The van der Waals surface area contributed by atoms with E-state index in [9.17, 15) is 14.4 Å². The van der Waals surface area contributed by atoms with E-state index in [1.165, 1.54) is 6.92 Å². The second-order valence-corrected chi connectivity index (χ2v) is 6.14. The van der Waals surface area contributed by atoms with Gasteiger partial charge in [-0.15, -0.1) is 0 Å². The first-order valence-electron chi connectivity index (χ1n) is 7.21. The van der Waals surface area contributed by atoms with Crippen molar-refractivity contribution in [2.24, 2.45) is 5.73 Å². The number of carbonyl (C=O) groups is 3. The number of aryl methyl sites for hydroxylation is 1. The van der Waals surface area contributed by atoms with E-state index in [-0.39, 0.29) is 5.91 Å². The summed E-state index contributed by atoms with van der Waals surface area (Å²) in [7, 11) is 0. The van der Waals surface area contributed by atoms with Crippen LogP contribution in [0.3, 0.4) is 0 Å². The van der Waals surface area contributed by atoms with E-state index in [0.717, 1.165) is 5.56 Å². The number of nitrogens with one attached hydrogen (secondary N) is 1. The second kappa shape index (κ2) is 9.19. The lowest BCUT2D eigenvalue weighted by molar-refractivity contribution is -0.155. The molecule has 0 aliphatic carbocycles. The van der Waals surface area contributed by atoms with Crippen molar-refractivity contribution >= 4 is 29.5 Å². The Balaban J connectivity index is 2.79. The van der Waals surface area contributed by atoms with E-state index in [0.29, 0.717) is 17.7 Å². The first-order valence-corrected chi connectivity index (χ1v) is 8.60. The SMILES string of the molecule is CSCC[C@H](NC(=O)c1cccc(C)c1)C(=O)O[C@@H](C)C(N)=O. The third kappa shape index (κ3) is 6.32. The number of carbonyl (C=O) groups excluding carboxylic acids is 3. The Morgan fingerprint density at radius 3 is 2.61 bits per heavy atom. The van der Waals surface area contributed by atoms with Crippen LogP contribution in [0, 0.1) is 6.92 Å². The molecular formula is C16H22N2O4S. The van der Waals surface area contributed by atoms with E-state index in [1.54, 1.807) is 30.0 Å². The fraction of sp³-hybridized carbons (Fsp3) is 0.438. The molecular weight excluding hydrogens is 316 g/mol. The number of ether oxygens (including phenoxy) is 1. The molecule has 0 bridgehead atoms. The van der Waals surface area contributed by atoms with E-state index < -0.39 is 24.0 Å². The molecule has 0 aliphatic heterocycles. The van der Waals surface area contributed by atoms with Crippen molar-refractivity contribution in [2.75, 3.05) is 12.0 Å². The van der Waals surface area contributed by atoms with Crippen LogP contribution in [0.2, 0.25) is 0 Å². The molecule has 0 unspecified atom stereocenters. The van der Waals surface area contributed by atoms with Gasteiger partial charge in [-0.25, -0.2) is 4.79 Å². The van der Waals surface area contributed by atoms with E-state index in [2.05, 4.69) is 5.32 Å². The first kappa shape index (κ1) is 19.0. The van der Waals surface area contributed by atoms with Crippen LogP contribution in [-0.4, -0.2) is 41.9 Å². The van der Waals surface area contributed by atoms with Gasteiger partial charge in [0.1, 0.15) is 6.04 Å². The summed E-state index contributed by atoms with van der Waals surface area (Å²) in [6.45, 7) is 3.28. The third-order valence-corrected chi connectivity index (χ3v) is 3.82. The molecule has 0 radical (unpaired) electrons. The smallest absolute Gasteiger partial charge is 0.329 e. The van der Waals surface area contributed by atoms with Crippen LogP contribution in [0.1, 0.15) is 29.3 Å². The Bertz CT molecular complexity index is 577. The Morgan fingerprint density at radius 1 is 1.35 bits per heavy atom. The highest BCUT2D eigenvalue weighted by Crippen LogP contribution is 2.08. The Labute approximate surface area is 140 Å². The molecule has 0 aromatic heterocycles. The largest absolute Gasteiger partial charge is 0.451 e. The topological polar surface area (TPSA) is 98.5 Å². The van der Waals surface area contributed by atoms with Gasteiger partial charge in [0.2, 0.25) is 0 Å². The van der Waals surface area contributed by atoms with Crippen molar-refractivity contribution in [1.82, 2.24) is 5.32 Å². The third-order valence-electron chi connectivity index (χ3n) is 3.17. The predicted molar refractivity (Wildman–Crippen MR) is 90.2 cm³/mol. The second-order valence-electron chi connectivity index (χ2n) is 5.16. The summed E-state index contributed by atoms with van der Waals surface area (Å²) >= 11 is 1.55. The van der Waals surface area contributed by atoms with Crippen molar-refractivity contribution in [3.05, 3.63) is 35.4 Å². The maximum atomic E-state index is 12.3. The van der Waals surface area contributed by atoms with E-state index >= 15 is 0 Å². The van der Waals surface area contributed by atoms with Crippen LogP contribution in [-0.2, 0) is 14.3 Å². The van der Waals surface area contributed by atoms with Gasteiger partial charge in [0.25, 0.3) is 11.8 Å². The zero-order chi connectivity index (χ0) is 17.4. The highest BCUT2D eigenvalue weighted by Gasteiger charge is 2.25. The highest BCUT2D eigenvalue weighted by molar-refractivity contribution is 7.98. The van der Waals surface area contributed by atoms with Gasteiger partial charge in [0.05, 0.1) is 0 Å². The molecule has 126 valence electrons. The zero-order valence-corrected chi connectivity index (χ0v) is 14.3. The van der Waals surface area contributed by atoms with Gasteiger partial charge in [-0.05, 0) is 44.4 Å². The van der Waals surface area contributed by atoms with Crippen molar-refractivity contribution in [1.29, 1.82) is 0 Å². The number of amides is 2. The molecule has 0 saturated heterocycles. The summed E-state index contributed by atoms with van der Waals surface area (Å²) in [5.74, 6) is -1.08. The van der Waals surface area contributed by atoms with Gasteiger partial charge in [-0.2, -0.15) is 11.8 Å². The van der Waals surface area contributed by atoms with Gasteiger partial charge in [-0.3, -0.25) is 9.59 Å². The molecule has 0 aliphatic rings. The summed E-state index contributed by atoms with van der Waals surface area (Å²) in [5, 5.41) is 2.66. The predicted octanol–water partition coefficient (Wildman–Crippen LogP) is 1.26. The van der Waals surface area contributed by atoms with Crippen molar-refractivity contribution < 1.29 is 19.1 Å². The molecule has 6 nitrogen and oxygen atoms in total. The standard InChI is InChI=1S/C16H22N2O4S/c1-10-5-4-6-12(9-10)15(20)18-13(7-8-23-3)16(21)22-11(2)14(17)19/h4-6,9,11,13H,7-8H2,1-3H3,(H2,17,19)(H,18,20)/t11-,13-/m0/s1. The maximum Gasteiger partial charge on any atom is 0.329 e. The van der Waals surface area contributed by atoms with E-state index in [1.807, 2.05) is 19.2 Å². The van der Waals surface area contributed by atoms with Crippen LogP contribution >= 0.6 is 11.8 Å². The Morgan fingerprint density at radius 2 is 2.04 bits per heavy atom. The minimum absolute atomic E-state index is 0.358. The monoisotopic (exact) mass is 338 g/mol. The molecule has 3 N–H and O–H groups in total. The number of nitrogens with two attached hydrogens (primary N) is 1. The Hall–Kier alpha value is -2.02. The van der Waals surface area contributed by atoms with Gasteiger partial charge < -0.3 is 15.8 Å². The maximum absolute atomic E-state index is 12.3. The van der Waals surface area contributed by atoms with Gasteiger partial charge in [0, 0.05) is 5.56 Å². The average molecular weight is 338 g/mol. The van der Waals surface area contributed by atoms with Crippen molar-refractivity contribution in [3.63, 3.8) is 0 Å². The molecule has 2 atom stereocenters. The minimum atomic E-state index is -1.03. The lowest BCUT2D eigenvalue weighted by atomic mass is 10.1. The average Bonchev–Trinajstić information content (AvgIpc) is 2.50. The summed E-state index contributed by atoms with van der Waals surface area (Å²) in [5.41, 5.74) is 6.50. The van der Waals surface area contributed by atoms with Crippen LogP contribution in [0.15, 0.2) is 24.3 Å². The van der Waals surface area contributed by atoms with Crippen LogP contribution in [0.4, 0.5) is 0 Å². The molecule has 0 heterocycles. The lowest BCUT2D eigenvalue weighted by Gasteiger charge is -2.19.